The Balaban J connectivity index is 1.55. The largest absolute Gasteiger partial charge is 0.396 e. The van der Waals surface area contributed by atoms with Crippen LogP contribution in [0, 0.1) is 56.7 Å². The van der Waals surface area contributed by atoms with Gasteiger partial charge in [0, 0.05) is 18.1 Å². The van der Waals surface area contributed by atoms with Crippen LogP contribution in [0.2, 0.25) is 0 Å². The minimum absolute atomic E-state index is 0.117. The summed E-state index contributed by atoms with van der Waals surface area (Å²) in [6, 6.07) is 0.117. The topological polar surface area (TPSA) is 66.5 Å². The molecule has 0 aromatic heterocycles. The van der Waals surface area contributed by atoms with Crippen molar-refractivity contribution in [3.8, 4) is 0 Å². The molecule has 4 N–H and O–H groups in total. The molecule has 5 fully saturated rings. The van der Waals surface area contributed by atoms with Crippen molar-refractivity contribution in [1.29, 1.82) is 0 Å². The predicted molar refractivity (Wildman–Crippen MR) is 135 cm³/mol. The van der Waals surface area contributed by atoms with Crippen molar-refractivity contribution in [3.63, 3.8) is 0 Å². The van der Waals surface area contributed by atoms with Crippen LogP contribution in [-0.4, -0.2) is 29.5 Å². The highest BCUT2D eigenvalue weighted by Crippen LogP contribution is 2.77. The van der Waals surface area contributed by atoms with Gasteiger partial charge in [-0.1, -0.05) is 39.8 Å². The second-order valence-corrected chi connectivity index (χ2v) is 14.5. The lowest BCUT2D eigenvalue weighted by Gasteiger charge is -2.73. The molecular weight excluding hydrogens is 406 g/mol. The zero-order valence-corrected chi connectivity index (χ0v) is 22.1. The van der Waals surface area contributed by atoms with E-state index in [-0.39, 0.29) is 28.9 Å². The van der Waals surface area contributed by atoms with Crippen LogP contribution in [0.15, 0.2) is 12.2 Å². The van der Waals surface area contributed by atoms with Gasteiger partial charge < -0.3 is 15.9 Å². The molecule has 3 heteroatoms. The average Bonchev–Trinajstić information content (AvgIpc) is 3.17. The van der Waals surface area contributed by atoms with E-state index in [4.69, 9.17) is 5.73 Å². The first kappa shape index (κ1) is 24.3. The van der Waals surface area contributed by atoms with E-state index in [1.165, 1.54) is 63.4 Å². The summed E-state index contributed by atoms with van der Waals surface area (Å²) in [5.41, 5.74) is 8.90. The number of rotatable bonds is 3. The molecule has 0 aliphatic heterocycles. The van der Waals surface area contributed by atoms with Crippen LogP contribution in [-0.2, 0) is 0 Å². The quantitative estimate of drug-likeness (QED) is 0.460. The molecule has 188 valence electrons. The van der Waals surface area contributed by atoms with Crippen molar-refractivity contribution < 1.29 is 10.2 Å². The molecule has 0 saturated heterocycles. The summed E-state index contributed by atoms with van der Waals surface area (Å²) in [7, 11) is 0. The molecule has 5 aliphatic carbocycles. The molecule has 0 amide bonds. The minimum Gasteiger partial charge on any atom is -0.396 e. The second-order valence-electron chi connectivity index (χ2n) is 14.5. The van der Waals surface area contributed by atoms with Gasteiger partial charge in [-0.15, -0.1) is 0 Å². The summed E-state index contributed by atoms with van der Waals surface area (Å²) in [6.07, 6.45) is 12.2. The molecule has 0 heterocycles. The van der Waals surface area contributed by atoms with Crippen molar-refractivity contribution in [2.45, 2.75) is 105 Å². The van der Waals surface area contributed by atoms with Gasteiger partial charge >= 0.3 is 0 Å². The van der Waals surface area contributed by atoms with Gasteiger partial charge in [-0.3, -0.25) is 0 Å². The summed E-state index contributed by atoms with van der Waals surface area (Å²) in [5.74, 6) is 3.10. The van der Waals surface area contributed by atoms with Crippen molar-refractivity contribution >= 4 is 0 Å². The second kappa shape index (κ2) is 7.56. The third-order valence-electron chi connectivity index (χ3n) is 13.8. The Morgan fingerprint density at radius 2 is 1.55 bits per heavy atom. The number of fused-ring (bicyclic) bond motifs is 7. The standard InChI is InChI=1S/C30H51NO2/c1-19(2)20-9-14-30(18-33)16-15-28(5)21(25(20)30)7-8-23-26(3)12-11-24(31)27(4,17-32)22(26)10-13-29(23,28)6/h20-25,32-33H,1,7-18,31H2,2-6H3/t20-,21+,22+,23+,24-,25+,26-,27?,28+,29+,30+/m0/s1. The Kier molecular flexibility index (Phi) is 5.57. The zero-order valence-electron chi connectivity index (χ0n) is 22.1. The molecule has 0 bridgehead atoms. The van der Waals surface area contributed by atoms with Gasteiger partial charge in [0.15, 0.2) is 0 Å². The van der Waals surface area contributed by atoms with Crippen LogP contribution in [0.1, 0.15) is 98.8 Å². The molecule has 0 radical (unpaired) electrons. The van der Waals surface area contributed by atoms with E-state index in [9.17, 15) is 10.2 Å². The summed E-state index contributed by atoms with van der Waals surface area (Å²) in [4.78, 5) is 0. The van der Waals surface area contributed by atoms with E-state index < -0.39 is 0 Å². The van der Waals surface area contributed by atoms with Crippen LogP contribution >= 0.6 is 0 Å². The Labute approximate surface area is 203 Å². The summed E-state index contributed by atoms with van der Waals surface area (Å²) < 4.78 is 0. The first-order valence-electron chi connectivity index (χ1n) is 14.1. The first-order valence-corrected chi connectivity index (χ1v) is 14.1. The molecule has 0 aromatic rings. The van der Waals surface area contributed by atoms with E-state index >= 15 is 0 Å². The summed E-state index contributed by atoms with van der Waals surface area (Å²) >= 11 is 0. The van der Waals surface area contributed by atoms with E-state index in [0.29, 0.717) is 47.0 Å². The zero-order chi connectivity index (χ0) is 24.0. The molecule has 0 aromatic carbocycles. The van der Waals surface area contributed by atoms with Gasteiger partial charge in [-0.05, 0) is 122 Å². The van der Waals surface area contributed by atoms with Crippen LogP contribution in [0.3, 0.4) is 0 Å². The van der Waals surface area contributed by atoms with Crippen LogP contribution < -0.4 is 5.73 Å². The van der Waals surface area contributed by atoms with E-state index in [0.717, 1.165) is 6.42 Å². The number of hydrogen-bond donors (Lipinski definition) is 3. The molecule has 5 rings (SSSR count). The van der Waals surface area contributed by atoms with Crippen molar-refractivity contribution in [2.75, 3.05) is 13.2 Å². The SMILES string of the molecule is C=C(C)[C@@H]1CC[C@]2(CO)CC[C@]3(C)[C@H](CC[C@@H]4[C@@]5(C)CC[C@H](N)C(C)(CO)[C@@H]5CC[C@]43C)[C@@H]12. The highest BCUT2D eigenvalue weighted by atomic mass is 16.3. The molecule has 5 saturated carbocycles. The lowest BCUT2D eigenvalue weighted by atomic mass is 9.32. The van der Waals surface area contributed by atoms with Crippen LogP contribution in [0.5, 0.6) is 0 Å². The number of hydrogen-bond acceptors (Lipinski definition) is 3. The Bertz CT molecular complexity index is 811. The van der Waals surface area contributed by atoms with E-state index in [1.54, 1.807) is 0 Å². The Hall–Kier alpha value is -0.380. The fraction of sp³-hybridized carbons (Fsp3) is 0.933. The smallest absolute Gasteiger partial charge is 0.0502 e. The fourth-order valence-corrected chi connectivity index (χ4v) is 11.6. The van der Waals surface area contributed by atoms with Crippen molar-refractivity contribution in [3.05, 3.63) is 12.2 Å². The average molecular weight is 458 g/mol. The van der Waals surface area contributed by atoms with Gasteiger partial charge in [0.25, 0.3) is 0 Å². The van der Waals surface area contributed by atoms with Crippen molar-refractivity contribution in [1.82, 2.24) is 0 Å². The maximum atomic E-state index is 10.7. The molecule has 1 unspecified atom stereocenters. The van der Waals surface area contributed by atoms with Gasteiger partial charge in [-0.2, -0.15) is 0 Å². The third kappa shape index (κ3) is 2.85. The lowest BCUT2D eigenvalue weighted by molar-refractivity contribution is -0.244. The van der Waals surface area contributed by atoms with Gasteiger partial charge in [-0.25, -0.2) is 0 Å². The number of aliphatic hydroxyl groups excluding tert-OH is 2. The van der Waals surface area contributed by atoms with E-state index in [1.807, 2.05) is 0 Å². The summed E-state index contributed by atoms with van der Waals surface area (Å²) in [6.45, 7) is 17.4. The van der Waals surface area contributed by atoms with Gasteiger partial charge in [0.05, 0.1) is 6.61 Å². The van der Waals surface area contributed by atoms with E-state index in [2.05, 4.69) is 41.2 Å². The number of allylic oxidation sites excluding steroid dienone is 1. The molecular formula is C30H51NO2. The van der Waals surface area contributed by atoms with Crippen LogP contribution in [0.4, 0.5) is 0 Å². The monoisotopic (exact) mass is 457 g/mol. The normalized spacial score (nSPS) is 58.1. The lowest BCUT2D eigenvalue weighted by Crippen LogP contribution is -2.68. The summed E-state index contributed by atoms with van der Waals surface area (Å²) in [5, 5.41) is 21.2. The van der Waals surface area contributed by atoms with Crippen LogP contribution in [0.25, 0.3) is 0 Å². The number of nitrogens with two attached hydrogens (primary N) is 1. The maximum absolute atomic E-state index is 10.7. The number of aliphatic hydroxyl groups is 2. The van der Waals surface area contributed by atoms with Crippen molar-refractivity contribution in [2.24, 2.45) is 62.4 Å². The molecule has 3 nitrogen and oxygen atoms in total. The third-order valence-corrected chi connectivity index (χ3v) is 13.8. The van der Waals surface area contributed by atoms with Gasteiger partial charge in [0.2, 0.25) is 0 Å². The Morgan fingerprint density at radius 1 is 0.818 bits per heavy atom. The predicted octanol–water partition coefficient (Wildman–Crippen LogP) is 5.94. The maximum Gasteiger partial charge on any atom is 0.0502 e. The fourth-order valence-electron chi connectivity index (χ4n) is 11.6. The highest BCUT2D eigenvalue weighted by molar-refractivity contribution is 5.21. The van der Waals surface area contributed by atoms with Gasteiger partial charge in [0.1, 0.15) is 0 Å². The molecule has 11 atom stereocenters. The first-order chi connectivity index (χ1) is 15.4. The molecule has 0 spiro atoms. The highest BCUT2D eigenvalue weighted by Gasteiger charge is 2.70. The molecule has 5 aliphatic rings. The Morgan fingerprint density at radius 3 is 2.18 bits per heavy atom. The molecule has 33 heavy (non-hydrogen) atoms. The minimum atomic E-state index is -0.152.